The van der Waals surface area contributed by atoms with Crippen LogP contribution in [0.2, 0.25) is 0 Å². The van der Waals surface area contributed by atoms with Crippen molar-refractivity contribution in [2.75, 3.05) is 47.9 Å². The fourth-order valence-corrected chi connectivity index (χ4v) is 5.22. The molecule has 1 N–H and O–H groups in total. The second-order valence-electron chi connectivity index (χ2n) is 8.04. The van der Waals surface area contributed by atoms with E-state index < -0.39 is 9.84 Å². The van der Waals surface area contributed by atoms with Crippen LogP contribution in [-0.2, 0) is 14.6 Å². The van der Waals surface area contributed by atoms with E-state index in [1.165, 1.54) is 0 Å². The number of benzene rings is 1. The number of rotatable bonds is 4. The summed E-state index contributed by atoms with van der Waals surface area (Å²) in [5.41, 5.74) is 3.15. The molecule has 3 fully saturated rings. The van der Waals surface area contributed by atoms with Crippen molar-refractivity contribution in [3.63, 3.8) is 0 Å². The van der Waals surface area contributed by atoms with Gasteiger partial charge in [0.1, 0.15) is 0 Å². The highest BCUT2D eigenvalue weighted by atomic mass is 32.2. The quantitative estimate of drug-likeness (QED) is 0.826. The van der Waals surface area contributed by atoms with Gasteiger partial charge >= 0.3 is 0 Å². The summed E-state index contributed by atoms with van der Waals surface area (Å²) in [6.45, 7) is 4.19. The van der Waals surface area contributed by atoms with Crippen LogP contribution in [0.15, 0.2) is 12.1 Å². The van der Waals surface area contributed by atoms with Crippen molar-refractivity contribution in [1.29, 1.82) is 0 Å². The molecule has 2 amide bonds. The van der Waals surface area contributed by atoms with Gasteiger partial charge in [-0.2, -0.15) is 0 Å². The number of anilines is 2. The van der Waals surface area contributed by atoms with E-state index >= 15 is 0 Å². The lowest BCUT2D eigenvalue weighted by Gasteiger charge is -2.30. The minimum Gasteiger partial charge on any atom is -0.371 e. The number of nitrogens with one attached hydrogen (secondary N) is 1. The molecule has 7 nitrogen and oxygen atoms in total. The standard InChI is InChI=1S/C20H27N3O4S/c1-14-17(21-19(24)15-4-5-15)7-6-16(18(14)22-8-2-3-9-22)20(25)23-10-12-28(26,27)13-11-23/h6-7,15H,2-5,8-13H2,1H3,(H,21,24). The minimum absolute atomic E-state index is 0.0201. The Morgan fingerprint density at radius 1 is 1.04 bits per heavy atom. The molecular formula is C20H27N3O4S. The van der Waals surface area contributed by atoms with E-state index in [2.05, 4.69) is 10.2 Å². The van der Waals surface area contributed by atoms with Gasteiger partial charge in [-0.05, 0) is 50.3 Å². The van der Waals surface area contributed by atoms with Crippen LogP contribution in [0.5, 0.6) is 0 Å². The van der Waals surface area contributed by atoms with Gasteiger partial charge in [0.05, 0.1) is 22.8 Å². The second kappa shape index (κ2) is 7.39. The summed E-state index contributed by atoms with van der Waals surface area (Å²) in [6, 6.07) is 3.59. The summed E-state index contributed by atoms with van der Waals surface area (Å²) in [7, 11) is -3.04. The zero-order chi connectivity index (χ0) is 19.9. The molecular weight excluding hydrogens is 378 g/mol. The lowest BCUT2D eigenvalue weighted by molar-refractivity contribution is -0.117. The van der Waals surface area contributed by atoms with Crippen LogP contribution in [0.4, 0.5) is 11.4 Å². The Morgan fingerprint density at radius 3 is 2.29 bits per heavy atom. The first-order valence-electron chi connectivity index (χ1n) is 10.0. The number of hydrogen-bond acceptors (Lipinski definition) is 5. The van der Waals surface area contributed by atoms with Gasteiger partial charge in [0, 0.05) is 37.8 Å². The van der Waals surface area contributed by atoms with Gasteiger partial charge in [0.25, 0.3) is 5.91 Å². The fourth-order valence-electron chi connectivity index (χ4n) is 4.02. The molecule has 2 aliphatic heterocycles. The average molecular weight is 406 g/mol. The van der Waals surface area contributed by atoms with Gasteiger partial charge in [-0.25, -0.2) is 8.42 Å². The number of sulfone groups is 1. The van der Waals surface area contributed by atoms with Crippen molar-refractivity contribution in [3.8, 4) is 0 Å². The summed E-state index contributed by atoms with van der Waals surface area (Å²) < 4.78 is 23.4. The smallest absolute Gasteiger partial charge is 0.256 e. The molecule has 28 heavy (non-hydrogen) atoms. The van der Waals surface area contributed by atoms with Crippen molar-refractivity contribution in [2.45, 2.75) is 32.6 Å². The summed E-state index contributed by atoms with van der Waals surface area (Å²) >= 11 is 0. The van der Waals surface area contributed by atoms with Crippen molar-refractivity contribution in [1.82, 2.24) is 4.90 Å². The molecule has 0 spiro atoms. The Labute approximate surface area is 166 Å². The number of carbonyl (C=O) groups excluding carboxylic acids is 2. The zero-order valence-corrected chi connectivity index (χ0v) is 17.1. The normalized spacial score (nSPS) is 21.6. The maximum absolute atomic E-state index is 13.2. The van der Waals surface area contributed by atoms with E-state index in [4.69, 9.17) is 0 Å². The Kier molecular flexibility index (Phi) is 5.07. The third-order valence-corrected chi connectivity index (χ3v) is 7.53. The van der Waals surface area contributed by atoms with Gasteiger partial charge in [0.2, 0.25) is 5.91 Å². The second-order valence-corrected chi connectivity index (χ2v) is 10.3. The predicted molar refractivity (Wildman–Crippen MR) is 109 cm³/mol. The van der Waals surface area contributed by atoms with Crippen LogP contribution in [-0.4, -0.2) is 62.8 Å². The molecule has 4 rings (SSSR count). The molecule has 0 radical (unpaired) electrons. The first kappa shape index (κ1) is 19.2. The topological polar surface area (TPSA) is 86.8 Å². The highest BCUT2D eigenvalue weighted by Crippen LogP contribution is 2.36. The van der Waals surface area contributed by atoms with Crippen molar-refractivity contribution in [3.05, 3.63) is 23.3 Å². The van der Waals surface area contributed by atoms with E-state index in [0.717, 1.165) is 55.7 Å². The van der Waals surface area contributed by atoms with Crippen molar-refractivity contribution >= 4 is 33.0 Å². The Morgan fingerprint density at radius 2 is 1.68 bits per heavy atom. The molecule has 1 aromatic rings. The predicted octanol–water partition coefficient (Wildman–Crippen LogP) is 1.81. The Balaban J connectivity index is 1.64. The van der Waals surface area contributed by atoms with E-state index in [1.54, 1.807) is 11.0 Å². The first-order chi connectivity index (χ1) is 13.4. The van der Waals surface area contributed by atoms with Gasteiger partial charge in [-0.3, -0.25) is 9.59 Å². The molecule has 0 atom stereocenters. The summed E-state index contributed by atoms with van der Waals surface area (Å²) in [5.74, 6) is 0.0838. The molecule has 3 aliphatic rings. The maximum atomic E-state index is 13.2. The van der Waals surface area contributed by atoms with Gasteiger partial charge in [-0.15, -0.1) is 0 Å². The van der Waals surface area contributed by atoms with E-state index in [-0.39, 0.29) is 42.3 Å². The van der Waals surface area contributed by atoms with Gasteiger partial charge in [0.15, 0.2) is 9.84 Å². The van der Waals surface area contributed by atoms with Crippen LogP contribution in [0, 0.1) is 12.8 Å². The molecule has 0 aromatic heterocycles. The summed E-state index contributed by atoms with van der Waals surface area (Å²) in [5, 5.41) is 3.02. The average Bonchev–Trinajstić information content (AvgIpc) is 3.38. The van der Waals surface area contributed by atoms with Crippen LogP contribution in [0.1, 0.15) is 41.6 Å². The van der Waals surface area contributed by atoms with Gasteiger partial charge < -0.3 is 15.1 Å². The lowest BCUT2D eigenvalue weighted by atomic mass is 10.0. The van der Waals surface area contributed by atoms with E-state index in [0.29, 0.717) is 5.56 Å². The maximum Gasteiger partial charge on any atom is 0.256 e. The molecule has 0 bridgehead atoms. The molecule has 1 aliphatic carbocycles. The van der Waals surface area contributed by atoms with Crippen molar-refractivity contribution < 1.29 is 18.0 Å². The third kappa shape index (κ3) is 3.87. The number of carbonyl (C=O) groups is 2. The van der Waals surface area contributed by atoms with Crippen LogP contribution < -0.4 is 10.2 Å². The minimum atomic E-state index is -3.04. The number of nitrogens with zero attached hydrogens (tertiary/aromatic N) is 2. The van der Waals surface area contributed by atoms with E-state index in [9.17, 15) is 18.0 Å². The van der Waals surface area contributed by atoms with Crippen LogP contribution >= 0.6 is 0 Å². The molecule has 2 saturated heterocycles. The number of hydrogen-bond donors (Lipinski definition) is 1. The zero-order valence-electron chi connectivity index (χ0n) is 16.2. The Bertz CT molecular complexity index is 888. The van der Waals surface area contributed by atoms with Crippen LogP contribution in [0.25, 0.3) is 0 Å². The monoisotopic (exact) mass is 405 g/mol. The molecule has 152 valence electrons. The molecule has 8 heteroatoms. The summed E-state index contributed by atoms with van der Waals surface area (Å²) in [6.07, 6.45) is 4.04. The molecule has 0 unspecified atom stereocenters. The first-order valence-corrected chi connectivity index (χ1v) is 11.9. The fraction of sp³-hybridized carbons (Fsp3) is 0.600. The van der Waals surface area contributed by atoms with Crippen molar-refractivity contribution in [2.24, 2.45) is 5.92 Å². The summed E-state index contributed by atoms with van der Waals surface area (Å²) in [4.78, 5) is 29.3. The largest absolute Gasteiger partial charge is 0.371 e. The molecule has 2 heterocycles. The van der Waals surface area contributed by atoms with Gasteiger partial charge in [-0.1, -0.05) is 0 Å². The SMILES string of the molecule is Cc1c(NC(=O)C2CC2)ccc(C(=O)N2CCS(=O)(=O)CC2)c1N1CCCC1. The van der Waals surface area contributed by atoms with E-state index in [1.807, 2.05) is 13.0 Å². The number of amides is 2. The Hall–Kier alpha value is -2.09. The highest BCUT2D eigenvalue weighted by Gasteiger charge is 2.32. The molecule has 1 saturated carbocycles. The lowest BCUT2D eigenvalue weighted by Crippen LogP contribution is -2.44. The molecule has 1 aromatic carbocycles. The highest BCUT2D eigenvalue weighted by molar-refractivity contribution is 7.91. The van der Waals surface area contributed by atoms with Crippen LogP contribution in [0.3, 0.4) is 0 Å². The third-order valence-electron chi connectivity index (χ3n) is 5.92.